The van der Waals surface area contributed by atoms with Gasteiger partial charge in [-0.1, -0.05) is 0 Å². The molecule has 0 radical (unpaired) electrons. The summed E-state index contributed by atoms with van der Waals surface area (Å²) >= 11 is 0. The summed E-state index contributed by atoms with van der Waals surface area (Å²) in [5, 5.41) is 3.54. The van der Waals surface area contributed by atoms with Crippen molar-refractivity contribution < 1.29 is 9.53 Å². The fraction of sp³-hybridized carbons (Fsp3) is 0.909. The number of nitrogens with one attached hydrogen (secondary N) is 1. The van der Waals surface area contributed by atoms with Crippen LogP contribution in [-0.2, 0) is 9.53 Å². The lowest BCUT2D eigenvalue weighted by Crippen LogP contribution is -2.59. The number of carbonyl (C=O) groups is 1. The van der Waals surface area contributed by atoms with E-state index in [0.717, 1.165) is 12.8 Å². The van der Waals surface area contributed by atoms with Crippen LogP contribution in [0.5, 0.6) is 0 Å². The van der Waals surface area contributed by atoms with Crippen molar-refractivity contribution >= 4 is 5.97 Å². The normalized spacial score (nSPS) is 25.8. The maximum atomic E-state index is 10.9. The van der Waals surface area contributed by atoms with E-state index in [2.05, 4.69) is 33.0 Å². The SMILES string of the molecule is CC(=O)OC1CC(C)(C)NC(C)(C)C1. The summed E-state index contributed by atoms with van der Waals surface area (Å²) in [6.07, 6.45) is 1.82. The lowest BCUT2D eigenvalue weighted by molar-refractivity contribution is -0.150. The van der Waals surface area contributed by atoms with E-state index in [9.17, 15) is 4.79 Å². The van der Waals surface area contributed by atoms with Crippen LogP contribution in [0.1, 0.15) is 47.5 Å². The molecule has 3 nitrogen and oxygen atoms in total. The van der Waals surface area contributed by atoms with E-state index >= 15 is 0 Å². The molecule has 0 spiro atoms. The average molecular weight is 199 g/mol. The minimum atomic E-state index is -0.177. The second-order valence-electron chi connectivity index (χ2n) is 5.53. The molecule has 14 heavy (non-hydrogen) atoms. The number of hydrogen-bond donors (Lipinski definition) is 1. The molecular weight excluding hydrogens is 178 g/mol. The molecule has 0 aromatic carbocycles. The van der Waals surface area contributed by atoms with Crippen molar-refractivity contribution in [2.45, 2.75) is 64.6 Å². The fourth-order valence-electron chi connectivity index (χ4n) is 2.55. The van der Waals surface area contributed by atoms with Gasteiger partial charge in [-0.25, -0.2) is 0 Å². The number of piperidine rings is 1. The van der Waals surface area contributed by atoms with Gasteiger partial charge in [0.05, 0.1) is 0 Å². The smallest absolute Gasteiger partial charge is 0.302 e. The van der Waals surface area contributed by atoms with Crippen LogP contribution in [0, 0.1) is 0 Å². The first-order chi connectivity index (χ1) is 6.20. The molecule has 0 aromatic rings. The Labute approximate surface area is 86.2 Å². The van der Waals surface area contributed by atoms with Gasteiger partial charge in [-0.2, -0.15) is 0 Å². The first-order valence-electron chi connectivity index (χ1n) is 5.17. The first kappa shape index (κ1) is 11.5. The highest BCUT2D eigenvalue weighted by atomic mass is 16.5. The first-order valence-corrected chi connectivity index (χ1v) is 5.17. The van der Waals surface area contributed by atoms with E-state index in [1.165, 1.54) is 6.92 Å². The number of carbonyl (C=O) groups excluding carboxylic acids is 1. The molecule has 1 saturated heterocycles. The zero-order valence-electron chi connectivity index (χ0n) is 9.81. The van der Waals surface area contributed by atoms with E-state index < -0.39 is 0 Å². The zero-order valence-corrected chi connectivity index (χ0v) is 9.81. The third-order valence-corrected chi connectivity index (χ3v) is 2.49. The predicted octanol–water partition coefficient (Wildman–Crippen LogP) is 1.86. The van der Waals surface area contributed by atoms with Crippen molar-refractivity contribution in [2.24, 2.45) is 0 Å². The highest BCUT2D eigenvalue weighted by molar-refractivity contribution is 5.66. The Kier molecular flexibility index (Phi) is 2.91. The van der Waals surface area contributed by atoms with Crippen molar-refractivity contribution in [3.8, 4) is 0 Å². The molecule has 0 saturated carbocycles. The molecule has 1 fully saturated rings. The summed E-state index contributed by atoms with van der Waals surface area (Å²) in [6, 6.07) is 0. The van der Waals surface area contributed by atoms with Crippen molar-refractivity contribution in [1.29, 1.82) is 0 Å². The largest absolute Gasteiger partial charge is 0.462 e. The lowest BCUT2D eigenvalue weighted by Gasteiger charge is -2.45. The molecule has 1 heterocycles. The van der Waals surface area contributed by atoms with Crippen LogP contribution in [0.3, 0.4) is 0 Å². The van der Waals surface area contributed by atoms with Gasteiger partial charge in [0.2, 0.25) is 0 Å². The van der Waals surface area contributed by atoms with Crippen LogP contribution < -0.4 is 5.32 Å². The van der Waals surface area contributed by atoms with E-state index in [1.54, 1.807) is 0 Å². The minimum absolute atomic E-state index is 0.0435. The quantitative estimate of drug-likeness (QED) is 0.655. The number of esters is 1. The second-order valence-corrected chi connectivity index (χ2v) is 5.53. The van der Waals surface area contributed by atoms with E-state index in [1.807, 2.05) is 0 Å². The van der Waals surface area contributed by atoms with Gasteiger partial charge in [-0.15, -0.1) is 0 Å². The molecule has 0 bridgehead atoms. The van der Waals surface area contributed by atoms with E-state index in [4.69, 9.17) is 4.74 Å². The van der Waals surface area contributed by atoms with Crippen LogP contribution in [0.15, 0.2) is 0 Å². The summed E-state index contributed by atoms with van der Waals surface area (Å²) in [6.45, 7) is 10.0. The molecule has 0 unspecified atom stereocenters. The highest BCUT2D eigenvalue weighted by Gasteiger charge is 2.38. The summed E-state index contributed by atoms with van der Waals surface area (Å²) in [4.78, 5) is 10.9. The molecule has 0 amide bonds. The molecule has 1 N–H and O–H groups in total. The number of rotatable bonds is 1. The van der Waals surface area contributed by atoms with E-state index in [-0.39, 0.29) is 23.2 Å². The van der Waals surface area contributed by atoms with Crippen molar-refractivity contribution in [2.75, 3.05) is 0 Å². The third kappa shape index (κ3) is 3.29. The predicted molar refractivity (Wildman–Crippen MR) is 56.1 cm³/mol. The summed E-state index contributed by atoms with van der Waals surface area (Å²) < 4.78 is 5.28. The Morgan fingerprint density at radius 3 is 2.00 bits per heavy atom. The Balaban J connectivity index is 2.66. The van der Waals surface area contributed by atoms with Gasteiger partial charge in [0.15, 0.2) is 0 Å². The molecular formula is C11H21NO2. The van der Waals surface area contributed by atoms with E-state index in [0.29, 0.717) is 0 Å². The molecule has 3 heteroatoms. The maximum absolute atomic E-state index is 10.9. The Morgan fingerprint density at radius 2 is 1.64 bits per heavy atom. The Bertz CT molecular complexity index is 217. The van der Waals surface area contributed by atoms with Crippen molar-refractivity contribution in [3.05, 3.63) is 0 Å². The van der Waals surface area contributed by atoms with Gasteiger partial charge < -0.3 is 10.1 Å². The molecule has 0 aromatic heterocycles. The number of hydrogen-bond acceptors (Lipinski definition) is 3. The zero-order chi connectivity index (χ0) is 11.0. The van der Waals surface area contributed by atoms with Gasteiger partial charge in [0.1, 0.15) is 6.10 Å². The molecule has 82 valence electrons. The summed E-state index contributed by atoms with van der Waals surface area (Å²) in [5.41, 5.74) is 0.0870. The standard InChI is InChI=1S/C11H21NO2/c1-8(13)14-9-6-10(2,3)12-11(4,5)7-9/h9,12H,6-7H2,1-5H3. The Hall–Kier alpha value is -0.570. The summed E-state index contributed by atoms with van der Waals surface area (Å²) in [5.74, 6) is -0.177. The van der Waals surface area contributed by atoms with Crippen LogP contribution in [0.4, 0.5) is 0 Å². The molecule has 1 rings (SSSR count). The van der Waals surface area contributed by atoms with Gasteiger partial charge in [0, 0.05) is 30.8 Å². The molecule has 0 atom stereocenters. The molecule has 1 aliphatic rings. The van der Waals surface area contributed by atoms with Gasteiger partial charge in [0.25, 0.3) is 0 Å². The van der Waals surface area contributed by atoms with Crippen LogP contribution in [0.25, 0.3) is 0 Å². The molecule has 1 aliphatic heterocycles. The number of ether oxygens (including phenoxy) is 1. The topological polar surface area (TPSA) is 38.3 Å². The van der Waals surface area contributed by atoms with Crippen molar-refractivity contribution in [1.82, 2.24) is 5.32 Å². The van der Waals surface area contributed by atoms with Crippen LogP contribution in [0.2, 0.25) is 0 Å². The van der Waals surface area contributed by atoms with Gasteiger partial charge in [-0.3, -0.25) is 4.79 Å². The molecule has 0 aliphatic carbocycles. The lowest BCUT2D eigenvalue weighted by atomic mass is 9.81. The van der Waals surface area contributed by atoms with Crippen LogP contribution in [-0.4, -0.2) is 23.2 Å². The van der Waals surface area contributed by atoms with Gasteiger partial charge >= 0.3 is 5.97 Å². The third-order valence-electron chi connectivity index (χ3n) is 2.49. The van der Waals surface area contributed by atoms with Gasteiger partial charge in [-0.05, 0) is 27.7 Å². The fourth-order valence-corrected chi connectivity index (χ4v) is 2.55. The van der Waals surface area contributed by atoms with Crippen LogP contribution >= 0.6 is 0 Å². The summed E-state index contributed by atoms with van der Waals surface area (Å²) in [7, 11) is 0. The minimum Gasteiger partial charge on any atom is -0.462 e. The Morgan fingerprint density at radius 1 is 1.21 bits per heavy atom. The van der Waals surface area contributed by atoms with Crippen molar-refractivity contribution in [3.63, 3.8) is 0 Å². The second kappa shape index (κ2) is 3.54. The maximum Gasteiger partial charge on any atom is 0.302 e. The average Bonchev–Trinajstić information content (AvgIpc) is 1.74. The monoisotopic (exact) mass is 199 g/mol. The highest BCUT2D eigenvalue weighted by Crippen LogP contribution is 2.30.